The molecule has 1 aromatic rings. The highest BCUT2D eigenvalue weighted by molar-refractivity contribution is 9.10. The van der Waals surface area contributed by atoms with Crippen LogP contribution in [0.15, 0.2) is 33.6 Å². The van der Waals surface area contributed by atoms with Crippen LogP contribution in [0.1, 0.15) is 26.7 Å². The van der Waals surface area contributed by atoms with Gasteiger partial charge in [0.05, 0.1) is 4.90 Å². The maximum atomic E-state index is 12.6. The van der Waals surface area contributed by atoms with Crippen molar-refractivity contribution in [1.29, 1.82) is 0 Å². The maximum absolute atomic E-state index is 12.6. The van der Waals surface area contributed by atoms with Crippen molar-refractivity contribution in [3.63, 3.8) is 0 Å². The van der Waals surface area contributed by atoms with Crippen LogP contribution in [-0.4, -0.2) is 25.3 Å². The topological polar surface area (TPSA) is 37.4 Å². The summed E-state index contributed by atoms with van der Waals surface area (Å²) in [4.78, 5) is 0.373. The Labute approximate surface area is 117 Å². The van der Waals surface area contributed by atoms with Gasteiger partial charge < -0.3 is 0 Å². The van der Waals surface area contributed by atoms with Gasteiger partial charge in [0, 0.05) is 17.1 Å². The van der Waals surface area contributed by atoms with Crippen LogP contribution >= 0.6 is 15.9 Å². The second kappa shape index (κ2) is 5.31. The molecule has 0 N–H and O–H groups in total. The maximum Gasteiger partial charge on any atom is 0.243 e. The molecule has 1 aromatic carbocycles. The van der Waals surface area contributed by atoms with Gasteiger partial charge in [0.2, 0.25) is 10.0 Å². The Morgan fingerprint density at radius 3 is 2.67 bits per heavy atom. The molecule has 0 aliphatic carbocycles. The number of halogens is 1. The van der Waals surface area contributed by atoms with Gasteiger partial charge in [0.1, 0.15) is 0 Å². The molecular formula is C13H18BrNO2S. The Balaban J connectivity index is 2.35. The minimum absolute atomic E-state index is 0.0881. The highest BCUT2D eigenvalue weighted by atomic mass is 79.9. The third-order valence-electron chi connectivity index (χ3n) is 3.46. The van der Waals surface area contributed by atoms with E-state index in [1.165, 1.54) is 0 Å². The predicted molar refractivity (Wildman–Crippen MR) is 75.9 cm³/mol. The molecule has 0 radical (unpaired) electrons. The minimum Gasteiger partial charge on any atom is -0.207 e. The Hall–Kier alpha value is -0.390. The van der Waals surface area contributed by atoms with Crippen molar-refractivity contribution in [2.24, 2.45) is 5.92 Å². The van der Waals surface area contributed by atoms with Crippen LogP contribution in [0.4, 0.5) is 0 Å². The van der Waals surface area contributed by atoms with Crippen LogP contribution in [0.25, 0.3) is 0 Å². The van der Waals surface area contributed by atoms with Crippen LogP contribution in [-0.2, 0) is 10.0 Å². The van der Waals surface area contributed by atoms with Gasteiger partial charge >= 0.3 is 0 Å². The van der Waals surface area contributed by atoms with Crippen LogP contribution in [0.3, 0.4) is 0 Å². The normalized spacial score (nSPS) is 26.2. The number of piperidine rings is 1. The van der Waals surface area contributed by atoms with Gasteiger partial charge in [0.15, 0.2) is 0 Å². The molecule has 1 saturated heterocycles. The number of rotatable bonds is 2. The van der Waals surface area contributed by atoms with Gasteiger partial charge in [-0.1, -0.05) is 28.9 Å². The summed E-state index contributed by atoms with van der Waals surface area (Å²) in [6.45, 7) is 4.72. The monoisotopic (exact) mass is 331 g/mol. The SMILES string of the molecule is CC1CCC(C)N(S(=O)(=O)c2cccc(Br)c2)C1. The van der Waals surface area contributed by atoms with Crippen molar-refractivity contribution in [3.8, 4) is 0 Å². The summed E-state index contributed by atoms with van der Waals surface area (Å²) in [5.41, 5.74) is 0. The molecule has 100 valence electrons. The third kappa shape index (κ3) is 2.78. The zero-order valence-corrected chi connectivity index (χ0v) is 13.0. The van der Waals surface area contributed by atoms with E-state index in [4.69, 9.17) is 0 Å². The molecule has 3 nitrogen and oxygen atoms in total. The third-order valence-corrected chi connectivity index (χ3v) is 5.93. The van der Waals surface area contributed by atoms with Gasteiger partial charge in [-0.3, -0.25) is 0 Å². The van der Waals surface area contributed by atoms with Crippen molar-refractivity contribution >= 4 is 26.0 Å². The quantitative estimate of drug-likeness (QED) is 0.834. The van der Waals surface area contributed by atoms with Gasteiger partial charge in [-0.25, -0.2) is 8.42 Å². The van der Waals surface area contributed by atoms with Crippen LogP contribution in [0.5, 0.6) is 0 Å². The average molecular weight is 332 g/mol. The van der Waals surface area contributed by atoms with Crippen molar-refractivity contribution in [1.82, 2.24) is 4.31 Å². The molecule has 1 aliphatic heterocycles. The fraction of sp³-hybridized carbons (Fsp3) is 0.538. The first-order valence-electron chi connectivity index (χ1n) is 6.18. The van der Waals surface area contributed by atoms with E-state index < -0.39 is 10.0 Å². The fourth-order valence-electron chi connectivity index (χ4n) is 2.35. The first kappa shape index (κ1) is 14.0. The van der Waals surface area contributed by atoms with E-state index in [1.807, 2.05) is 13.0 Å². The molecule has 0 bridgehead atoms. The molecule has 1 aliphatic rings. The van der Waals surface area contributed by atoms with E-state index >= 15 is 0 Å². The van der Waals surface area contributed by atoms with Gasteiger partial charge in [-0.15, -0.1) is 0 Å². The van der Waals surface area contributed by atoms with E-state index in [9.17, 15) is 8.42 Å². The van der Waals surface area contributed by atoms with Gasteiger partial charge in [0.25, 0.3) is 0 Å². The number of hydrogen-bond donors (Lipinski definition) is 0. The largest absolute Gasteiger partial charge is 0.243 e. The molecule has 0 saturated carbocycles. The molecule has 2 atom stereocenters. The van der Waals surface area contributed by atoms with Crippen molar-refractivity contribution in [2.75, 3.05) is 6.54 Å². The summed E-state index contributed by atoms with van der Waals surface area (Å²) in [6, 6.07) is 7.01. The van der Waals surface area contributed by atoms with E-state index in [2.05, 4.69) is 22.9 Å². The lowest BCUT2D eigenvalue weighted by atomic mass is 9.97. The lowest BCUT2D eigenvalue weighted by Gasteiger charge is -2.35. The summed E-state index contributed by atoms with van der Waals surface area (Å²) >= 11 is 3.32. The Kier molecular flexibility index (Phi) is 4.14. The van der Waals surface area contributed by atoms with Crippen LogP contribution < -0.4 is 0 Å². The van der Waals surface area contributed by atoms with Crippen molar-refractivity contribution in [2.45, 2.75) is 37.6 Å². The van der Waals surface area contributed by atoms with Gasteiger partial charge in [-0.2, -0.15) is 4.31 Å². The van der Waals surface area contributed by atoms with E-state index in [-0.39, 0.29) is 6.04 Å². The lowest BCUT2D eigenvalue weighted by molar-refractivity contribution is 0.218. The number of hydrogen-bond acceptors (Lipinski definition) is 2. The standard InChI is InChI=1S/C13H18BrNO2S/c1-10-6-7-11(2)15(9-10)18(16,17)13-5-3-4-12(14)8-13/h3-5,8,10-11H,6-7,9H2,1-2H3. The van der Waals surface area contributed by atoms with Crippen molar-refractivity contribution < 1.29 is 8.42 Å². The van der Waals surface area contributed by atoms with Crippen molar-refractivity contribution in [3.05, 3.63) is 28.7 Å². The first-order valence-corrected chi connectivity index (χ1v) is 8.42. The van der Waals surface area contributed by atoms with E-state index in [0.29, 0.717) is 17.4 Å². The Morgan fingerprint density at radius 1 is 1.28 bits per heavy atom. The van der Waals surface area contributed by atoms with E-state index in [1.54, 1.807) is 22.5 Å². The second-order valence-corrected chi connectivity index (χ2v) is 7.87. The lowest BCUT2D eigenvalue weighted by Crippen LogP contribution is -2.44. The Bertz CT molecular complexity index is 530. The predicted octanol–water partition coefficient (Wildman–Crippen LogP) is 3.26. The molecule has 0 amide bonds. The number of benzene rings is 1. The molecule has 0 aromatic heterocycles. The van der Waals surface area contributed by atoms with Crippen LogP contribution in [0.2, 0.25) is 0 Å². The first-order chi connectivity index (χ1) is 8.41. The number of sulfonamides is 1. The smallest absolute Gasteiger partial charge is 0.207 e. The minimum atomic E-state index is -3.36. The van der Waals surface area contributed by atoms with E-state index in [0.717, 1.165) is 17.3 Å². The fourth-order valence-corrected chi connectivity index (χ4v) is 4.72. The zero-order valence-electron chi connectivity index (χ0n) is 10.6. The molecule has 1 fully saturated rings. The molecule has 18 heavy (non-hydrogen) atoms. The number of nitrogens with zero attached hydrogens (tertiary/aromatic N) is 1. The molecule has 2 unspecified atom stereocenters. The zero-order chi connectivity index (χ0) is 13.3. The summed E-state index contributed by atoms with van der Waals surface area (Å²) in [7, 11) is -3.36. The highest BCUT2D eigenvalue weighted by Crippen LogP contribution is 2.28. The van der Waals surface area contributed by atoms with Crippen LogP contribution in [0, 0.1) is 5.92 Å². The molecule has 5 heteroatoms. The van der Waals surface area contributed by atoms with Gasteiger partial charge in [-0.05, 0) is 43.9 Å². The summed E-state index contributed by atoms with van der Waals surface area (Å²) in [5.74, 6) is 0.433. The average Bonchev–Trinajstić information content (AvgIpc) is 2.32. The molecule has 0 spiro atoms. The second-order valence-electron chi connectivity index (χ2n) is 5.06. The molecule has 2 rings (SSSR count). The molecule has 1 heterocycles. The summed E-state index contributed by atoms with van der Waals surface area (Å²) < 4.78 is 27.6. The Morgan fingerprint density at radius 2 is 2.00 bits per heavy atom. The summed E-state index contributed by atoms with van der Waals surface area (Å²) in [5, 5.41) is 0. The highest BCUT2D eigenvalue weighted by Gasteiger charge is 2.33. The summed E-state index contributed by atoms with van der Waals surface area (Å²) in [6.07, 6.45) is 2.04. The molecular weight excluding hydrogens is 314 g/mol.